The van der Waals surface area contributed by atoms with E-state index in [1.54, 1.807) is 18.2 Å². The van der Waals surface area contributed by atoms with Gasteiger partial charge in [-0.25, -0.2) is 0 Å². The van der Waals surface area contributed by atoms with Crippen LogP contribution in [-0.2, 0) is 4.79 Å². The lowest BCUT2D eigenvalue weighted by molar-refractivity contribution is -0.384. The smallest absolute Gasteiger partial charge is 0.271 e. The van der Waals surface area contributed by atoms with Crippen molar-refractivity contribution in [2.24, 2.45) is 0 Å². The zero-order valence-electron chi connectivity index (χ0n) is 11.8. The Bertz CT molecular complexity index is 719. The van der Waals surface area contributed by atoms with E-state index in [0.29, 0.717) is 16.4 Å². The summed E-state index contributed by atoms with van der Waals surface area (Å²) >= 11 is 6.06. The number of halogens is 1. The summed E-state index contributed by atoms with van der Waals surface area (Å²) in [6.07, 6.45) is 0. The number of hydrogen-bond acceptors (Lipinski definition) is 4. The van der Waals surface area contributed by atoms with Gasteiger partial charge in [0.05, 0.1) is 22.2 Å². The molecule has 2 aromatic carbocycles. The summed E-state index contributed by atoms with van der Waals surface area (Å²) in [5.41, 5.74) is 1.97. The summed E-state index contributed by atoms with van der Waals surface area (Å²) in [5.74, 6) is -0.322. The third kappa shape index (κ3) is 4.20. The molecule has 0 unspecified atom stereocenters. The highest BCUT2D eigenvalue weighted by atomic mass is 35.5. The predicted octanol–water partition coefficient (Wildman–Crippen LogP) is 3.61. The van der Waals surface area contributed by atoms with Crippen molar-refractivity contribution >= 4 is 34.6 Å². The Hall–Kier alpha value is -2.60. The Morgan fingerprint density at radius 1 is 1.27 bits per heavy atom. The van der Waals surface area contributed by atoms with Gasteiger partial charge in [-0.2, -0.15) is 0 Å². The normalized spacial score (nSPS) is 10.1. The monoisotopic (exact) mass is 319 g/mol. The standard InChI is InChI=1S/C15H14ClN3O3/c1-10-5-6-14(13(16)7-10)17-9-15(20)18-11-3-2-4-12(8-11)19(21)22/h2-8,17H,9H2,1H3,(H,18,20). The maximum atomic E-state index is 11.9. The van der Waals surface area contributed by atoms with Gasteiger partial charge in [0.15, 0.2) is 0 Å². The molecular formula is C15H14ClN3O3. The van der Waals surface area contributed by atoms with Gasteiger partial charge in [-0.05, 0) is 30.7 Å². The van der Waals surface area contributed by atoms with Crippen LogP contribution in [0.1, 0.15) is 5.56 Å². The van der Waals surface area contributed by atoms with E-state index in [-0.39, 0.29) is 18.1 Å². The first-order valence-electron chi connectivity index (χ1n) is 6.50. The molecule has 22 heavy (non-hydrogen) atoms. The molecule has 2 aromatic rings. The molecule has 0 bridgehead atoms. The minimum Gasteiger partial charge on any atom is -0.375 e. The number of rotatable bonds is 5. The van der Waals surface area contributed by atoms with Crippen molar-refractivity contribution in [1.82, 2.24) is 0 Å². The van der Waals surface area contributed by atoms with Crippen molar-refractivity contribution in [3.63, 3.8) is 0 Å². The number of nitro benzene ring substituents is 1. The number of carbonyl (C=O) groups excluding carboxylic acids is 1. The first-order valence-corrected chi connectivity index (χ1v) is 6.88. The Kier molecular flexibility index (Phi) is 4.95. The van der Waals surface area contributed by atoms with Crippen LogP contribution in [0.5, 0.6) is 0 Å². The molecule has 0 heterocycles. The van der Waals surface area contributed by atoms with E-state index in [9.17, 15) is 14.9 Å². The van der Waals surface area contributed by atoms with Crippen LogP contribution >= 0.6 is 11.6 Å². The molecule has 0 saturated carbocycles. The molecule has 0 radical (unpaired) electrons. The largest absolute Gasteiger partial charge is 0.375 e. The minimum atomic E-state index is -0.514. The van der Waals surface area contributed by atoms with E-state index in [0.717, 1.165) is 5.56 Å². The fraction of sp³-hybridized carbons (Fsp3) is 0.133. The van der Waals surface area contributed by atoms with Crippen molar-refractivity contribution in [3.05, 3.63) is 63.2 Å². The number of nitrogens with zero attached hydrogens (tertiary/aromatic N) is 1. The molecule has 0 fully saturated rings. The molecule has 6 nitrogen and oxygen atoms in total. The van der Waals surface area contributed by atoms with E-state index in [1.165, 1.54) is 18.2 Å². The maximum absolute atomic E-state index is 11.9. The summed E-state index contributed by atoms with van der Waals surface area (Å²) in [5, 5.41) is 16.7. The zero-order chi connectivity index (χ0) is 16.1. The van der Waals surface area contributed by atoms with Gasteiger partial charge in [0, 0.05) is 17.8 Å². The Morgan fingerprint density at radius 2 is 2.05 bits per heavy atom. The fourth-order valence-corrected chi connectivity index (χ4v) is 2.14. The lowest BCUT2D eigenvalue weighted by Gasteiger charge is -2.09. The highest BCUT2D eigenvalue weighted by molar-refractivity contribution is 6.33. The number of carbonyl (C=O) groups is 1. The number of nitrogens with one attached hydrogen (secondary N) is 2. The Morgan fingerprint density at radius 3 is 2.73 bits per heavy atom. The molecule has 0 atom stereocenters. The van der Waals surface area contributed by atoms with Crippen LogP contribution in [-0.4, -0.2) is 17.4 Å². The van der Waals surface area contributed by atoms with Crippen molar-refractivity contribution in [3.8, 4) is 0 Å². The van der Waals surface area contributed by atoms with Crippen LogP contribution in [0.3, 0.4) is 0 Å². The maximum Gasteiger partial charge on any atom is 0.271 e. The molecule has 2 rings (SSSR count). The van der Waals surface area contributed by atoms with E-state index in [2.05, 4.69) is 10.6 Å². The van der Waals surface area contributed by atoms with E-state index in [4.69, 9.17) is 11.6 Å². The number of benzene rings is 2. The molecule has 0 aliphatic heterocycles. The number of hydrogen-bond donors (Lipinski definition) is 2. The van der Waals surface area contributed by atoms with Crippen LogP contribution < -0.4 is 10.6 Å². The molecular weight excluding hydrogens is 306 g/mol. The second-order valence-electron chi connectivity index (χ2n) is 4.69. The summed E-state index contributed by atoms with van der Waals surface area (Å²) in [6.45, 7) is 1.93. The predicted molar refractivity (Wildman–Crippen MR) is 86.4 cm³/mol. The molecule has 1 amide bonds. The lowest BCUT2D eigenvalue weighted by atomic mass is 10.2. The molecule has 0 aromatic heterocycles. The molecule has 0 spiro atoms. The van der Waals surface area contributed by atoms with Crippen LogP contribution in [0, 0.1) is 17.0 Å². The lowest BCUT2D eigenvalue weighted by Crippen LogP contribution is -2.21. The third-order valence-electron chi connectivity index (χ3n) is 2.90. The van der Waals surface area contributed by atoms with Gasteiger partial charge < -0.3 is 10.6 Å². The van der Waals surface area contributed by atoms with Crippen LogP contribution in [0.4, 0.5) is 17.1 Å². The highest BCUT2D eigenvalue weighted by Crippen LogP contribution is 2.22. The number of amides is 1. The Balaban J connectivity index is 1.95. The number of non-ortho nitro benzene ring substituents is 1. The number of anilines is 2. The van der Waals surface area contributed by atoms with Crippen LogP contribution in [0.25, 0.3) is 0 Å². The van der Waals surface area contributed by atoms with Gasteiger partial charge in [-0.15, -0.1) is 0 Å². The summed E-state index contributed by atoms with van der Waals surface area (Å²) in [4.78, 5) is 22.0. The van der Waals surface area contributed by atoms with Crippen molar-refractivity contribution in [2.45, 2.75) is 6.92 Å². The minimum absolute atomic E-state index is 0.00543. The number of aryl methyl sites for hydroxylation is 1. The average molecular weight is 320 g/mol. The second kappa shape index (κ2) is 6.91. The first kappa shape index (κ1) is 15.8. The van der Waals surface area contributed by atoms with Gasteiger partial charge in [-0.1, -0.05) is 23.7 Å². The van der Waals surface area contributed by atoms with Gasteiger partial charge in [0.2, 0.25) is 5.91 Å². The third-order valence-corrected chi connectivity index (χ3v) is 3.22. The van der Waals surface area contributed by atoms with Gasteiger partial charge in [0.25, 0.3) is 5.69 Å². The summed E-state index contributed by atoms with van der Waals surface area (Å²) in [6, 6.07) is 11.2. The fourth-order valence-electron chi connectivity index (χ4n) is 1.84. The topological polar surface area (TPSA) is 84.3 Å². The molecule has 114 valence electrons. The summed E-state index contributed by atoms with van der Waals surface area (Å²) in [7, 11) is 0. The van der Waals surface area contributed by atoms with Crippen molar-refractivity contribution in [2.75, 3.05) is 17.2 Å². The van der Waals surface area contributed by atoms with Crippen LogP contribution in [0.2, 0.25) is 5.02 Å². The second-order valence-corrected chi connectivity index (χ2v) is 5.10. The molecule has 7 heteroatoms. The van der Waals surface area contributed by atoms with E-state index >= 15 is 0 Å². The molecule has 0 aliphatic rings. The van der Waals surface area contributed by atoms with E-state index < -0.39 is 4.92 Å². The highest BCUT2D eigenvalue weighted by Gasteiger charge is 2.08. The first-order chi connectivity index (χ1) is 10.5. The SMILES string of the molecule is Cc1ccc(NCC(=O)Nc2cccc([N+](=O)[O-])c2)c(Cl)c1. The van der Waals surface area contributed by atoms with Crippen LogP contribution in [0.15, 0.2) is 42.5 Å². The van der Waals surface area contributed by atoms with Gasteiger partial charge in [0.1, 0.15) is 0 Å². The van der Waals surface area contributed by atoms with Crippen molar-refractivity contribution in [1.29, 1.82) is 0 Å². The quantitative estimate of drug-likeness (QED) is 0.651. The zero-order valence-corrected chi connectivity index (χ0v) is 12.6. The summed E-state index contributed by atoms with van der Waals surface area (Å²) < 4.78 is 0. The van der Waals surface area contributed by atoms with Crippen molar-refractivity contribution < 1.29 is 9.72 Å². The number of nitro groups is 1. The molecule has 2 N–H and O–H groups in total. The Labute approximate surface area is 132 Å². The average Bonchev–Trinajstić information content (AvgIpc) is 2.46. The molecule has 0 aliphatic carbocycles. The van der Waals surface area contributed by atoms with E-state index in [1.807, 2.05) is 13.0 Å². The molecule has 0 saturated heterocycles. The van der Waals surface area contributed by atoms with Gasteiger partial charge >= 0.3 is 0 Å². The van der Waals surface area contributed by atoms with Gasteiger partial charge in [-0.3, -0.25) is 14.9 Å².